The largest absolute Gasteiger partial charge is 0.316 e. The van der Waals surface area contributed by atoms with E-state index in [1.807, 2.05) is 17.9 Å². The minimum atomic E-state index is 0.548. The molecule has 1 aromatic rings. The summed E-state index contributed by atoms with van der Waals surface area (Å²) in [6.45, 7) is 2.36. The number of nitrogens with one attached hydrogen (secondary N) is 1. The van der Waals surface area contributed by atoms with Crippen LogP contribution in [0.3, 0.4) is 0 Å². The average molecular weight is 271 g/mol. The van der Waals surface area contributed by atoms with E-state index < -0.39 is 0 Å². The van der Waals surface area contributed by atoms with E-state index >= 15 is 0 Å². The lowest BCUT2D eigenvalue weighted by atomic mass is 10.0. The first kappa shape index (κ1) is 13.3. The predicted molar refractivity (Wildman–Crippen MR) is 77.9 cm³/mol. The van der Waals surface area contributed by atoms with Crippen LogP contribution in [0, 0.1) is 0 Å². The molecule has 5 heteroatoms. The molecule has 1 N–H and O–H groups in total. The summed E-state index contributed by atoms with van der Waals surface area (Å²) in [5, 5.41) is 9.18. The monoisotopic (exact) mass is 271 g/mol. The van der Waals surface area contributed by atoms with Crippen molar-refractivity contribution in [1.82, 2.24) is 15.1 Å². The molecule has 1 aliphatic rings. The lowest BCUT2D eigenvalue weighted by Crippen LogP contribution is -2.44. The van der Waals surface area contributed by atoms with Crippen molar-refractivity contribution in [2.45, 2.75) is 29.9 Å². The summed E-state index contributed by atoms with van der Waals surface area (Å²) < 4.78 is 1.88. The minimum absolute atomic E-state index is 0.548. The van der Waals surface area contributed by atoms with Gasteiger partial charge in [0.1, 0.15) is 0 Å². The normalized spacial score (nSPS) is 27.0. The van der Waals surface area contributed by atoms with Crippen LogP contribution >= 0.6 is 23.5 Å². The molecular formula is C12H21N3S2. The van der Waals surface area contributed by atoms with Crippen LogP contribution in [0.25, 0.3) is 0 Å². The number of aryl methyl sites for hydroxylation is 1. The van der Waals surface area contributed by atoms with E-state index in [1.165, 1.54) is 17.1 Å². The summed E-state index contributed by atoms with van der Waals surface area (Å²) >= 11 is 4.22. The van der Waals surface area contributed by atoms with Crippen LogP contribution in [0.1, 0.15) is 12.5 Å². The van der Waals surface area contributed by atoms with E-state index in [2.05, 4.69) is 54.1 Å². The van der Waals surface area contributed by atoms with E-state index in [4.69, 9.17) is 0 Å². The van der Waals surface area contributed by atoms with Crippen molar-refractivity contribution in [3.05, 3.63) is 18.0 Å². The van der Waals surface area contributed by atoms with Gasteiger partial charge in [0, 0.05) is 41.3 Å². The molecule has 17 heavy (non-hydrogen) atoms. The van der Waals surface area contributed by atoms with Gasteiger partial charge >= 0.3 is 0 Å². The fraction of sp³-hybridized carbons (Fsp3) is 0.750. The third-order valence-corrected chi connectivity index (χ3v) is 6.47. The second-order valence-corrected chi connectivity index (χ2v) is 7.30. The smallest absolute Gasteiger partial charge is 0.0522 e. The van der Waals surface area contributed by atoms with Crippen molar-refractivity contribution >= 4 is 23.5 Å². The molecule has 3 unspecified atom stereocenters. The van der Waals surface area contributed by atoms with E-state index in [0.717, 1.165) is 11.7 Å². The summed E-state index contributed by atoms with van der Waals surface area (Å²) in [6.07, 6.45) is 5.18. The Morgan fingerprint density at radius 1 is 1.53 bits per heavy atom. The molecule has 1 saturated heterocycles. The second kappa shape index (κ2) is 6.16. The number of hydrogen-bond acceptors (Lipinski definition) is 4. The van der Waals surface area contributed by atoms with Crippen molar-refractivity contribution in [3.63, 3.8) is 0 Å². The van der Waals surface area contributed by atoms with Gasteiger partial charge in [-0.15, -0.1) is 0 Å². The highest BCUT2D eigenvalue weighted by atomic mass is 32.2. The van der Waals surface area contributed by atoms with E-state index in [0.29, 0.717) is 11.3 Å². The van der Waals surface area contributed by atoms with Gasteiger partial charge in [0.05, 0.1) is 6.20 Å². The molecule has 3 atom stereocenters. The molecule has 1 aliphatic heterocycles. The number of thioether (sulfide) groups is 2. The van der Waals surface area contributed by atoms with Gasteiger partial charge in [0.25, 0.3) is 0 Å². The van der Waals surface area contributed by atoms with Gasteiger partial charge in [-0.05, 0) is 19.0 Å². The third-order valence-electron chi connectivity index (χ3n) is 3.22. The minimum Gasteiger partial charge on any atom is -0.316 e. The summed E-state index contributed by atoms with van der Waals surface area (Å²) in [7, 11) is 4.05. The Bertz CT molecular complexity index is 353. The molecule has 2 rings (SSSR count). The van der Waals surface area contributed by atoms with Crippen molar-refractivity contribution in [2.24, 2.45) is 7.05 Å². The third kappa shape index (κ3) is 3.42. The number of aromatic nitrogens is 2. The van der Waals surface area contributed by atoms with Gasteiger partial charge < -0.3 is 5.32 Å². The van der Waals surface area contributed by atoms with E-state index in [-0.39, 0.29) is 0 Å². The standard InChI is InChI=1S/C12H21N3S2/c1-9-12(17-5-4-16-9)11(13-2)6-10-7-14-15(3)8-10/h7-9,11-13H,4-6H2,1-3H3. The summed E-state index contributed by atoms with van der Waals surface area (Å²) in [5.41, 5.74) is 1.33. The van der Waals surface area contributed by atoms with Crippen LogP contribution in [0.15, 0.2) is 12.4 Å². The van der Waals surface area contributed by atoms with Crippen LogP contribution < -0.4 is 5.32 Å². The molecule has 1 aromatic heterocycles. The van der Waals surface area contributed by atoms with Crippen LogP contribution in [0.2, 0.25) is 0 Å². The molecule has 0 aliphatic carbocycles. The van der Waals surface area contributed by atoms with Gasteiger partial charge in [0.15, 0.2) is 0 Å². The zero-order chi connectivity index (χ0) is 12.3. The fourth-order valence-electron chi connectivity index (χ4n) is 2.31. The molecule has 1 fully saturated rings. The zero-order valence-electron chi connectivity index (χ0n) is 10.7. The molecule has 0 radical (unpaired) electrons. The van der Waals surface area contributed by atoms with Crippen LogP contribution in [0.4, 0.5) is 0 Å². The van der Waals surface area contributed by atoms with Crippen LogP contribution in [-0.4, -0.2) is 44.9 Å². The number of hydrogen-bond donors (Lipinski definition) is 1. The predicted octanol–water partition coefficient (Wildman–Crippen LogP) is 1.79. The first-order valence-electron chi connectivity index (χ1n) is 6.08. The molecular weight excluding hydrogens is 250 g/mol. The lowest BCUT2D eigenvalue weighted by molar-refractivity contribution is 0.530. The summed E-state index contributed by atoms with van der Waals surface area (Å²) in [6, 6.07) is 0.548. The molecule has 2 heterocycles. The number of rotatable bonds is 4. The highest BCUT2D eigenvalue weighted by Crippen LogP contribution is 2.33. The topological polar surface area (TPSA) is 29.9 Å². The highest BCUT2D eigenvalue weighted by Gasteiger charge is 2.29. The first-order valence-corrected chi connectivity index (χ1v) is 8.18. The Morgan fingerprint density at radius 2 is 2.29 bits per heavy atom. The van der Waals surface area contributed by atoms with Crippen LogP contribution in [-0.2, 0) is 13.5 Å². The van der Waals surface area contributed by atoms with Crippen molar-refractivity contribution < 1.29 is 0 Å². The van der Waals surface area contributed by atoms with Crippen LogP contribution in [0.5, 0.6) is 0 Å². The average Bonchev–Trinajstić information content (AvgIpc) is 2.73. The molecule has 0 aromatic carbocycles. The van der Waals surface area contributed by atoms with Gasteiger partial charge in [-0.25, -0.2) is 0 Å². The second-order valence-electron chi connectivity index (χ2n) is 4.53. The van der Waals surface area contributed by atoms with E-state index in [9.17, 15) is 0 Å². The Balaban J connectivity index is 2.00. The number of nitrogens with zero attached hydrogens (tertiary/aromatic N) is 2. The highest BCUT2D eigenvalue weighted by molar-refractivity contribution is 8.07. The van der Waals surface area contributed by atoms with Gasteiger partial charge in [-0.2, -0.15) is 28.6 Å². The van der Waals surface area contributed by atoms with Crippen molar-refractivity contribution in [3.8, 4) is 0 Å². The van der Waals surface area contributed by atoms with Crippen molar-refractivity contribution in [2.75, 3.05) is 18.6 Å². The Morgan fingerprint density at radius 3 is 2.88 bits per heavy atom. The Kier molecular flexibility index (Phi) is 4.82. The SMILES string of the molecule is CNC(Cc1cnn(C)c1)C1SCCSC1C. The maximum absolute atomic E-state index is 4.25. The van der Waals surface area contributed by atoms with Gasteiger partial charge in [-0.1, -0.05) is 6.92 Å². The maximum Gasteiger partial charge on any atom is 0.0522 e. The first-order chi connectivity index (χ1) is 8.20. The molecule has 96 valence electrons. The summed E-state index contributed by atoms with van der Waals surface area (Å²) in [4.78, 5) is 0. The van der Waals surface area contributed by atoms with Gasteiger partial charge in [-0.3, -0.25) is 4.68 Å². The molecule has 0 spiro atoms. The Hall–Kier alpha value is -0.130. The van der Waals surface area contributed by atoms with E-state index in [1.54, 1.807) is 0 Å². The fourth-order valence-corrected chi connectivity index (χ4v) is 5.31. The Labute approximate surface area is 112 Å². The maximum atomic E-state index is 4.25. The lowest BCUT2D eigenvalue weighted by Gasteiger charge is -2.34. The quantitative estimate of drug-likeness (QED) is 0.904. The zero-order valence-corrected chi connectivity index (χ0v) is 12.4. The summed E-state index contributed by atoms with van der Waals surface area (Å²) in [5.74, 6) is 2.58. The molecule has 3 nitrogen and oxygen atoms in total. The van der Waals surface area contributed by atoms with Gasteiger partial charge in [0.2, 0.25) is 0 Å². The molecule has 0 saturated carbocycles. The molecule has 0 bridgehead atoms. The number of likely N-dealkylation sites (N-methyl/N-ethyl adjacent to an activating group) is 1. The van der Waals surface area contributed by atoms with Crippen molar-refractivity contribution in [1.29, 1.82) is 0 Å². The molecule has 0 amide bonds.